The van der Waals surface area contributed by atoms with Crippen LogP contribution in [0.2, 0.25) is 0 Å². The van der Waals surface area contributed by atoms with Gasteiger partial charge in [0.1, 0.15) is 18.5 Å². The smallest absolute Gasteiger partial charge is 0.119 e. The molecule has 5 heteroatoms. The van der Waals surface area contributed by atoms with Gasteiger partial charge in [0.05, 0.1) is 6.20 Å². The van der Waals surface area contributed by atoms with Crippen LogP contribution in [0.3, 0.4) is 0 Å². The summed E-state index contributed by atoms with van der Waals surface area (Å²) in [6.07, 6.45) is 5.69. The summed E-state index contributed by atoms with van der Waals surface area (Å²) in [6.45, 7) is 5.08. The lowest BCUT2D eigenvalue weighted by atomic mass is 9.91. The molecule has 0 amide bonds. The summed E-state index contributed by atoms with van der Waals surface area (Å²) in [5, 5.41) is 17.1. The van der Waals surface area contributed by atoms with Crippen LogP contribution in [0.1, 0.15) is 29.9 Å². The standard InChI is InChI=1S/C18H25N3O2/c1-14-2-4-18(5-3-14)23-13-17(22)12-21-8-6-15(7-9-21)16-10-19-20-11-16/h2-5,10-11,15,17,22H,6-9,12-13H2,1H3,(H,19,20)/t17-/m1/s1. The summed E-state index contributed by atoms with van der Waals surface area (Å²) >= 11 is 0. The monoisotopic (exact) mass is 315 g/mol. The van der Waals surface area contributed by atoms with Crippen LogP contribution in [-0.4, -0.2) is 52.5 Å². The molecule has 2 heterocycles. The average molecular weight is 315 g/mol. The maximum atomic E-state index is 10.2. The zero-order chi connectivity index (χ0) is 16.1. The number of nitrogens with one attached hydrogen (secondary N) is 1. The Morgan fingerprint density at radius 3 is 2.70 bits per heavy atom. The highest BCUT2D eigenvalue weighted by atomic mass is 16.5. The first kappa shape index (κ1) is 16.0. The normalized spacial score (nSPS) is 18.0. The number of piperidine rings is 1. The number of β-amino-alcohol motifs (C(OH)–C–C–N with tert-alkyl or cyclic N) is 1. The largest absolute Gasteiger partial charge is 0.491 e. The molecular weight excluding hydrogens is 290 g/mol. The molecular formula is C18H25N3O2. The van der Waals surface area contributed by atoms with E-state index in [1.54, 1.807) is 0 Å². The Bertz CT molecular complexity index is 575. The van der Waals surface area contributed by atoms with E-state index < -0.39 is 6.10 Å². The molecule has 1 aliphatic rings. The third-order valence-corrected chi connectivity index (χ3v) is 4.51. The highest BCUT2D eigenvalue weighted by Crippen LogP contribution is 2.27. The van der Waals surface area contributed by atoms with E-state index in [0.29, 0.717) is 19.1 Å². The lowest BCUT2D eigenvalue weighted by molar-refractivity contribution is 0.0594. The Hall–Kier alpha value is -1.85. The van der Waals surface area contributed by atoms with Gasteiger partial charge in [-0.2, -0.15) is 5.10 Å². The molecule has 1 atom stereocenters. The Morgan fingerprint density at radius 2 is 2.04 bits per heavy atom. The van der Waals surface area contributed by atoms with E-state index in [4.69, 9.17) is 4.74 Å². The predicted molar refractivity (Wildman–Crippen MR) is 89.7 cm³/mol. The summed E-state index contributed by atoms with van der Waals surface area (Å²) in [5.41, 5.74) is 2.51. The first-order valence-electron chi connectivity index (χ1n) is 8.29. The zero-order valence-electron chi connectivity index (χ0n) is 13.6. The van der Waals surface area contributed by atoms with Crippen LogP contribution in [0.25, 0.3) is 0 Å². The first-order valence-corrected chi connectivity index (χ1v) is 8.29. The number of aliphatic hydroxyl groups excluding tert-OH is 1. The maximum Gasteiger partial charge on any atom is 0.119 e. The number of aromatic nitrogens is 2. The Balaban J connectivity index is 1.39. The molecule has 23 heavy (non-hydrogen) atoms. The molecule has 1 aromatic heterocycles. The van der Waals surface area contributed by atoms with Crippen LogP contribution in [0.5, 0.6) is 5.75 Å². The van der Waals surface area contributed by atoms with Gasteiger partial charge in [0.25, 0.3) is 0 Å². The van der Waals surface area contributed by atoms with E-state index >= 15 is 0 Å². The van der Waals surface area contributed by atoms with E-state index in [-0.39, 0.29) is 0 Å². The number of ether oxygens (including phenoxy) is 1. The van der Waals surface area contributed by atoms with E-state index in [2.05, 4.69) is 15.1 Å². The minimum absolute atomic E-state index is 0.338. The van der Waals surface area contributed by atoms with Gasteiger partial charge in [0.15, 0.2) is 0 Å². The maximum absolute atomic E-state index is 10.2. The minimum Gasteiger partial charge on any atom is -0.491 e. The molecule has 3 rings (SSSR count). The van der Waals surface area contributed by atoms with Crippen LogP contribution in [-0.2, 0) is 0 Å². The van der Waals surface area contributed by atoms with Crippen LogP contribution >= 0.6 is 0 Å². The SMILES string of the molecule is Cc1ccc(OC[C@H](O)CN2CCC(c3cn[nH]c3)CC2)cc1. The van der Waals surface area contributed by atoms with Crippen molar-refractivity contribution in [1.29, 1.82) is 0 Å². The molecule has 5 nitrogen and oxygen atoms in total. The quantitative estimate of drug-likeness (QED) is 0.859. The molecule has 2 aromatic rings. The van der Waals surface area contributed by atoms with Crippen molar-refractivity contribution in [1.82, 2.24) is 15.1 Å². The van der Waals surface area contributed by atoms with Crippen molar-refractivity contribution in [3.8, 4) is 5.75 Å². The highest BCUT2D eigenvalue weighted by molar-refractivity contribution is 5.26. The molecule has 1 aromatic carbocycles. The molecule has 1 saturated heterocycles. The van der Waals surface area contributed by atoms with Gasteiger partial charge in [-0.1, -0.05) is 17.7 Å². The second-order valence-electron chi connectivity index (χ2n) is 6.38. The number of hydrogen-bond donors (Lipinski definition) is 2. The van der Waals surface area contributed by atoms with Gasteiger partial charge in [-0.3, -0.25) is 5.10 Å². The van der Waals surface area contributed by atoms with Crippen molar-refractivity contribution < 1.29 is 9.84 Å². The average Bonchev–Trinajstić information content (AvgIpc) is 3.09. The molecule has 0 saturated carbocycles. The summed E-state index contributed by atoms with van der Waals surface area (Å²) in [7, 11) is 0. The minimum atomic E-state index is -0.457. The van der Waals surface area contributed by atoms with Crippen LogP contribution in [0.4, 0.5) is 0 Å². The number of aromatic amines is 1. The van der Waals surface area contributed by atoms with E-state index in [1.165, 1.54) is 11.1 Å². The van der Waals surface area contributed by atoms with Crippen LogP contribution < -0.4 is 4.74 Å². The van der Waals surface area contributed by atoms with Gasteiger partial charge in [0, 0.05) is 12.7 Å². The summed E-state index contributed by atoms with van der Waals surface area (Å²) in [5.74, 6) is 1.40. The van der Waals surface area contributed by atoms with Crippen molar-refractivity contribution in [2.24, 2.45) is 0 Å². The molecule has 0 unspecified atom stereocenters. The third kappa shape index (κ3) is 4.56. The first-order chi connectivity index (χ1) is 11.2. The van der Waals surface area contributed by atoms with Crippen molar-refractivity contribution in [3.05, 3.63) is 47.8 Å². The topological polar surface area (TPSA) is 61.4 Å². The molecule has 0 spiro atoms. The number of nitrogens with zero attached hydrogens (tertiary/aromatic N) is 2. The summed E-state index contributed by atoms with van der Waals surface area (Å²) in [4.78, 5) is 2.32. The fourth-order valence-electron chi connectivity index (χ4n) is 3.11. The molecule has 1 aliphatic heterocycles. The molecule has 0 bridgehead atoms. The number of aliphatic hydroxyl groups is 1. The number of H-pyrrole nitrogens is 1. The molecule has 0 aliphatic carbocycles. The Labute approximate surface area is 137 Å². The van der Waals surface area contributed by atoms with Gasteiger partial charge in [-0.25, -0.2) is 0 Å². The van der Waals surface area contributed by atoms with Crippen molar-refractivity contribution >= 4 is 0 Å². The van der Waals surface area contributed by atoms with Gasteiger partial charge in [0.2, 0.25) is 0 Å². The second-order valence-corrected chi connectivity index (χ2v) is 6.38. The van der Waals surface area contributed by atoms with Crippen LogP contribution in [0, 0.1) is 6.92 Å². The van der Waals surface area contributed by atoms with Crippen LogP contribution in [0.15, 0.2) is 36.7 Å². The molecule has 124 valence electrons. The fourth-order valence-corrected chi connectivity index (χ4v) is 3.11. The Kier molecular flexibility index (Phi) is 5.31. The van der Waals surface area contributed by atoms with E-state index in [9.17, 15) is 5.11 Å². The van der Waals surface area contributed by atoms with Crippen molar-refractivity contribution in [3.63, 3.8) is 0 Å². The molecule has 0 radical (unpaired) electrons. The third-order valence-electron chi connectivity index (χ3n) is 4.51. The lowest BCUT2D eigenvalue weighted by Crippen LogP contribution is -2.40. The van der Waals surface area contributed by atoms with Crippen molar-refractivity contribution in [2.75, 3.05) is 26.2 Å². The van der Waals surface area contributed by atoms with Gasteiger partial charge < -0.3 is 14.7 Å². The van der Waals surface area contributed by atoms with E-state index in [1.807, 2.05) is 43.6 Å². The second kappa shape index (κ2) is 7.62. The molecule has 1 fully saturated rings. The van der Waals surface area contributed by atoms with E-state index in [0.717, 1.165) is 31.7 Å². The predicted octanol–water partition coefficient (Wildman–Crippen LogP) is 2.34. The molecule has 2 N–H and O–H groups in total. The summed E-state index contributed by atoms with van der Waals surface area (Å²) < 4.78 is 5.66. The Morgan fingerprint density at radius 1 is 1.30 bits per heavy atom. The van der Waals surface area contributed by atoms with Gasteiger partial charge in [-0.05, 0) is 56.5 Å². The highest BCUT2D eigenvalue weighted by Gasteiger charge is 2.22. The van der Waals surface area contributed by atoms with Crippen molar-refractivity contribution in [2.45, 2.75) is 31.8 Å². The number of likely N-dealkylation sites (tertiary alicyclic amines) is 1. The zero-order valence-corrected chi connectivity index (χ0v) is 13.6. The van der Waals surface area contributed by atoms with Gasteiger partial charge in [-0.15, -0.1) is 0 Å². The fraction of sp³-hybridized carbons (Fsp3) is 0.500. The number of rotatable bonds is 6. The van der Waals surface area contributed by atoms with Gasteiger partial charge >= 0.3 is 0 Å². The number of aryl methyl sites for hydroxylation is 1. The number of benzene rings is 1. The number of hydrogen-bond acceptors (Lipinski definition) is 4. The summed E-state index contributed by atoms with van der Waals surface area (Å²) in [6, 6.07) is 7.92. The lowest BCUT2D eigenvalue weighted by Gasteiger charge is -2.32.